The molecule has 1 aromatic carbocycles. The van der Waals surface area contributed by atoms with Gasteiger partial charge in [0.2, 0.25) is 0 Å². The molecule has 0 fully saturated rings. The number of fused-ring (bicyclic) bond motifs is 1. The molecule has 17 heavy (non-hydrogen) atoms. The van der Waals surface area contributed by atoms with Gasteiger partial charge < -0.3 is 15.0 Å². The van der Waals surface area contributed by atoms with Gasteiger partial charge in [0.1, 0.15) is 5.75 Å². The summed E-state index contributed by atoms with van der Waals surface area (Å²) in [5, 5.41) is 1.22. The molecular formula is C14H20N2O. The van der Waals surface area contributed by atoms with E-state index in [1.54, 1.807) is 0 Å². The van der Waals surface area contributed by atoms with E-state index in [-0.39, 0.29) is 0 Å². The van der Waals surface area contributed by atoms with Crippen molar-refractivity contribution in [3.8, 4) is 5.75 Å². The molecule has 2 N–H and O–H groups in total. The van der Waals surface area contributed by atoms with Gasteiger partial charge in [-0.25, -0.2) is 0 Å². The van der Waals surface area contributed by atoms with Crippen LogP contribution in [0.1, 0.15) is 13.8 Å². The standard InChI is InChI=1S/C14H20N2O/c1-3-17-13-4-5-14-12(8-13)6-7-16(14)10-11(2)9-15/h4-8,11H,3,9-10,15H2,1-2H3. The van der Waals surface area contributed by atoms with Gasteiger partial charge >= 0.3 is 0 Å². The van der Waals surface area contributed by atoms with E-state index < -0.39 is 0 Å². The first kappa shape index (κ1) is 12.0. The maximum Gasteiger partial charge on any atom is 0.120 e. The van der Waals surface area contributed by atoms with Crippen LogP contribution in [0.4, 0.5) is 0 Å². The maximum atomic E-state index is 5.66. The van der Waals surface area contributed by atoms with E-state index in [0.29, 0.717) is 12.5 Å². The Labute approximate surface area is 102 Å². The Morgan fingerprint density at radius 2 is 2.18 bits per heavy atom. The van der Waals surface area contributed by atoms with E-state index >= 15 is 0 Å². The Bertz CT molecular complexity index is 490. The number of hydrogen-bond donors (Lipinski definition) is 1. The number of rotatable bonds is 5. The molecular weight excluding hydrogens is 212 g/mol. The van der Waals surface area contributed by atoms with Gasteiger partial charge in [-0.2, -0.15) is 0 Å². The second-order valence-electron chi connectivity index (χ2n) is 4.46. The van der Waals surface area contributed by atoms with E-state index in [1.807, 2.05) is 13.0 Å². The lowest BCUT2D eigenvalue weighted by atomic mass is 10.2. The fraction of sp³-hybridized carbons (Fsp3) is 0.429. The van der Waals surface area contributed by atoms with Crippen LogP contribution in [0.2, 0.25) is 0 Å². The Kier molecular flexibility index (Phi) is 3.69. The van der Waals surface area contributed by atoms with Crippen LogP contribution in [0.25, 0.3) is 10.9 Å². The van der Waals surface area contributed by atoms with E-state index in [2.05, 4.69) is 35.9 Å². The lowest BCUT2D eigenvalue weighted by molar-refractivity contribution is 0.340. The number of nitrogens with two attached hydrogens (primary N) is 1. The van der Waals surface area contributed by atoms with Crippen LogP contribution >= 0.6 is 0 Å². The van der Waals surface area contributed by atoms with E-state index in [9.17, 15) is 0 Å². The van der Waals surface area contributed by atoms with Crippen molar-refractivity contribution < 1.29 is 4.74 Å². The largest absolute Gasteiger partial charge is 0.494 e. The van der Waals surface area contributed by atoms with E-state index in [1.165, 1.54) is 10.9 Å². The highest BCUT2D eigenvalue weighted by atomic mass is 16.5. The van der Waals surface area contributed by atoms with Crippen LogP contribution in [-0.2, 0) is 6.54 Å². The Hall–Kier alpha value is -1.48. The van der Waals surface area contributed by atoms with Crippen LogP contribution in [-0.4, -0.2) is 17.7 Å². The van der Waals surface area contributed by atoms with Crippen LogP contribution in [0.3, 0.4) is 0 Å². The highest BCUT2D eigenvalue weighted by molar-refractivity contribution is 5.81. The SMILES string of the molecule is CCOc1ccc2c(ccn2CC(C)CN)c1. The Morgan fingerprint density at radius 3 is 2.88 bits per heavy atom. The number of hydrogen-bond acceptors (Lipinski definition) is 2. The summed E-state index contributed by atoms with van der Waals surface area (Å²) in [6.45, 7) is 6.56. The molecule has 0 saturated heterocycles. The minimum atomic E-state index is 0.497. The number of ether oxygens (including phenoxy) is 1. The lowest BCUT2D eigenvalue weighted by Gasteiger charge is -2.11. The van der Waals surface area contributed by atoms with E-state index in [4.69, 9.17) is 10.5 Å². The lowest BCUT2D eigenvalue weighted by Crippen LogP contribution is -2.16. The molecule has 2 aromatic rings. The van der Waals surface area contributed by atoms with Gasteiger partial charge in [0.05, 0.1) is 6.61 Å². The summed E-state index contributed by atoms with van der Waals surface area (Å²) < 4.78 is 7.75. The predicted octanol–water partition coefficient (Wildman–Crippen LogP) is 2.63. The van der Waals surface area contributed by atoms with Gasteiger partial charge in [0, 0.05) is 23.6 Å². The van der Waals surface area contributed by atoms with Gasteiger partial charge in [-0.05, 0) is 43.7 Å². The zero-order valence-electron chi connectivity index (χ0n) is 10.5. The maximum absolute atomic E-state index is 5.66. The zero-order chi connectivity index (χ0) is 12.3. The summed E-state index contributed by atoms with van der Waals surface area (Å²) >= 11 is 0. The first-order valence-corrected chi connectivity index (χ1v) is 6.16. The van der Waals surface area contributed by atoms with Crippen molar-refractivity contribution >= 4 is 10.9 Å². The highest BCUT2D eigenvalue weighted by Gasteiger charge is 2.05. The second kappa shape index (κ2) is 5.23. The average molecular weight is 232 g/mol. The molecule has 0 aliphatic heterocycles. The number of aromatic nitrogens is 1. The normalized spacial score (nSPS) is 12.9. The van der Waals surface area contributed by atoms with E-state index in [0.717, 1.165) is 18.8 Å². The molecule has 0 radical (unpaired) electrons. The molecule has 1 heterocycles. The summed E-state index contributed by atoms with van der Waals surface area (Å²) in [7, 11) is 0. The molecule has 3 nitrogen and oxygen atoms in total. The summed E-state index contributed by atoms with van der Waals surface area (Å²) in [6.07, 6.45) is 2.12. The molecule has 0 amide bonds. The van der Waals surface area contributed by atoms with Crippen LogP contribution < -0.4 is 10.5 Å². The third-order valence-corrected chi connectivity index (χ3v) is 2.96. The fourth-order valence-corrected chi connectivity index (χ4v) is 2.00. The minimum absolute atomic E-state index is 0.497. The van der Waals surface area contributed by atoms with Crippen molar-refractivity contribution in [1.82, 2.24) is 4.57 Å². The third kappa shape index (κ3) is 2.61. The van der Waals surface area contributed by atoms with Crippen molar-refractivity contribution in [3.05, 3.63) is 30.5 Å². The molecule has 0 spiro atoms. The van der Waals surface area contributed by atoms with Crippen molar-refractivity contribution in [3.63, 3.8) is 0 Å². The fourth-order valence-electron chi connectivity index (χ4n) is 2.00. The van der Waals surface area contributed by atoms with Gasteiger partial charge in [-0.15, -0.1) is 0 Å². The smallest absolute Gasteiger partial charge is 0.120 e. The van der Waals surface area contributed by atoms with Crippen LogP contribution in [0.5, 0.6) is 5.75 Å². The van der Waals surface area contributed by atoms with Crippen LogP contribution in [0, 0.1) is 5.92 Å². The molecule has 2 rings (SSSR count). The molecule has 0 saturated carbocycles. The summed E-state index contributed by atoms with van der Waals surface area (Å²) in [5.74, 6) is 1.43. The monoisotopic (exact) mass is 232 g/mol. The molecule has 92 valence electrons. The van der Waals surface area contributed by atoms with Crippen molar-refractivity contribution in [2.75, 3.05) is 13.2 Å². The average Bonchev–Trinajstić information content (AvgIpc) is 2.72. The van der Waals surface area contributed by atoms with Gasteiger partial charge in [0.25, 0.3) is 0 Å². The minimum Gasteiger partial charge on any atom is -0.494 e. The zero-order valence-corrected chi connectivity index (χ0v) is 10.5. The molecule has 3 heteroatoms. The van der Waals surface area contributed by atoms with Gasteiger partial charge in [-0.1, -0.05) is 6.92 Å². The molecule has 1 unspecified atom stereocenters. The van der Waals surface area contributed by atoms with Crippen LogP contribution in [0.15, 0.2) is 30.5 Å². The first-order valence-electron chi connectivity index (χ1n) is 6.16. The molecule has 1 atom stereocenters. The van der Waals surface area contributed by atoms with Gasteiger partial charge in [0.15, 0.2) is 0 Å². The second-order valence-corrected chi connectivity index (χ2v) is 4.46. The van der Waals surface area contributed by atoms with Crippen molar-refractivity contribution in [2.45, 2.75) is 20.4 Å². The van der Waals surface area contributed by atoms with Gasteiger partial charge in [-0.3, -0.25) is 0 Å². The predicted molar refractivity (Wildman–Crippen MR) is 71.3 cm³/mol. The molecule has 0 bridgehead atoms. The topological polar surface area (TPSA) is 40.2 Å². The number of benzene rings is 1. The molecule has 1 aromatic heterocycles. The summed E-state index contributed by atoms with van der Waals surface area (Å²) in [6, 6.07) is 8.35. The molecule has 0 aliphatic rings. The quantitative estimate of drug-likeness (QED) is 0.861. The van der Waals surface area contributed by atoms with Crippen molar-refractivity contribution in [2.24, 2.45) is 11.7 Å². The van der Waals surface area contributed by atoms with Crippen molar-refractivity contribution in [1.29, 1.82) is 0 Å². The summed E-state index contributed by atoms with van der Waals surface area (Å²) in [4.78, 5) is 0. The Morgan fingerprint density at radius 1 is 1.35 bits per heavy atom. The first-order chi connectivity index (χ1) is 8.24. The third-order valence-electron chi connectivity index (χ3n) is 2.96. The highest BCUT2D eigenvalue weighted by Crippen LogP contribution is 2.22. The Balaban J connectivity index is 2.28. The molecule has 0 aliphatic carbocycles. The summed E-state index contributed by atoms with van der Waals surface area (Å²) in [5.41, 5.74) is 6.91. The number of nitrogens with zero attached hydrogens (tertiary/aromatic N) is 1.